The molecule has 1 amide bonds. The van der Waals surface area contributed by atoms with Gasteiger partial charge in [-0.3, -0.25) is 4.79 Å². The minimum Gasteiger partial charge on any atom is -0.353 e. The Morgan fingerprint density at radius 3 is 2.69 bits per heavy atom. The van der Waals surface area contributed by atoms with Gasteiger partial charge < -0.3 is 10.6 Å². The van der Waals surface area contributed by atoms with Gasteiger partial charge in [0.2, 0.25) is 5.91 Å². The third-order valence-corrected chi connectivity index (χ3v) is 4.03. The molecule has 16 heavy (non-hydrogen) atoms. The maximum absolute atomic E-state index is 11.4. The molecule has 2 fully saturated rings. The Morgan fingerprint density at radius 1 is 1.31 bits per heavy atom. The Bertz CT molecular complexity index is 252. The number of fused-ring (bicyclic) bond motifs is 2. The summed E-state index contributed by atoms with van der Waals surface area (Å²) in [4.78, 5) is 11.4. The Kier molecular flexibility index (Phi) is 3.85. The van der Waals surface area contributed by atoms with Gasteiger partial charge in [0.05, 0.1) is 6.54 Å². The maximum atomic E-state index is 11.4. The Labute approximate surface area is 98.4 Å². The lowest BCUT2D eigenvalue weighted by atomic mass is 9.89. The predicted octanol–water partition coefficient (Wildman–Crippen LogP) is 1.54. The first kappa shape index (κ1) is 11.9. The van der Waals surface area contributed by atoms with Gasteiger partial charge in [0.15, 0.2) is 0 Å². The second-order valence-electron chi connectivity index (χ2n) is 5.79. The van der Waals surface area contributed by atoms with E-state index in [1.54, 1.807) is 0 Å². The van der Waals surface area contributed by atoms with Crippen LogP contribution in [0, 0.1) is 17.8 Å². The molecular weight excluding hydrogens is 200 g/mol. The van der Waals surface area contributed by atoms with Crippen molar-refractivity contribution in [3.8, 4) is 0 Å². The van der Waals surface area contributed by atoms with E-state index in [0.29, 0.717) is 6.54 Å². The first-order valence-corrected chi connectivity index (χ1v) is 6.65. The molecule has 0 radical (unpaired) electrons. The van der Waals surface area contributed by atoms with Crippen LogP contribution in [0.2, 0.25) is 0 Å². The van der Waals surface area contributed by atoms with Crippen molar-refractivity contribution < 1.29 is 4.79 Å². The molecule has 0 aromatic rings. The molecule has 2 N–H and O–H groups in total. The Hall–Kier alpha value is -0.570. The van der Waals surface area contributed by atoms with Crippen molar-refractivity contribution >= 4 is 5.91 Å². The van der Waals surface area contributed by atoms with Crippen molar-refractivity contribution in [1.82, 2.24) is 10.6 Å². The molecule has 2 bridgehead atoms. The molecule has 0 aliphatic heterocycles. The highest BCUT2D eigenvalue weighted by molar-refractivity contribution is 5.78. The van der Waals surface area contributed by atoms with Crippen LogP contribution in [0.5, 0.6) is 0 Å². The molecule has 2 aliphatic carbocycles. The van der Waals surface area contributed by atoms with Crippen LogP contribution in [0.15, 0.2) is 0 Å². The van der Waals surface area contributed by atoms with E-state index in [0.717, 1.165) is 24.3 Å². The van der Waals surface area contributed by atoms with E-state index < -0.39 is 0 Å². The van der Waals surface area contributed by atoms with Crippen LogP contribution < -0.4 is 10.6 Å². The van der Waals surface area contributed by atoms with Gasteiger partial charge >= 0.3 is 0 Å². The molecule has 2 aliphatic rings. The lowest BCUT2D eigenvalue weighted by Crippen LogP contribution is -2.39. The molecule has 0 aromatic heterocycles. The van der Waals surface area contributed by atoms with Gasteiger partial charge in [0, 0.05) is 6.04 Å². The number of rotatable bonds is 5. The molecule has 92 valence electrons. The lowest BCUT2D eigenvalue weighted by molar-refractivity contribution is -0.120. The van der Waals surface area contributed by atoms with Gasteiger partial charge in [-0.05, 0) is 57.4 Å². The second kappa shape index (κ2) is 5.17. The van der Waals surface area contributed by atoms with Crippen molar-refractivity contribution in [3.63, 3.8) is 0 Å². The summed E-state index contributed by atoms with van der Waals surface area (Å²) in [6.07, 6.45) is 5.72. The van der Waals surface area contributed by atoms with Crippen molar-refractivity contribution in [3.05, 3.63) is 0 Å². The normalized spacial score (nSPS) is 32.3. The highest BCUT2D eigenvalue weighted by Crippen LogP contribution is 2.47. The number of nitrogens with one attached hydrogen (secondary N) is 2. The Balaban J connectivity index is 1.60. The number of carbonyl (C=O) groups excluding carboxylic acids is 1. The van der Waals surface area contributed by atoms with E-state index in [2.05, 4.69) is 10.6 Å². The van der Waals surface area contributed by atoms with E-state index in [9.17, 15) is 4.79 Å². The zero-order chi connectivity index (χ0) is 11.5. The Morgan fingerprint density at radius 2 is 2.12 bits per heavy atom. The van der Waals surface area contributed by atoms with E-state index >= 15 is 0 Å². The average Bonchev–Trinajstić information content (AvgIpc) is 2.77. The second-order valence-corrected chi connectivity index (χ2v) is 5.79. The predicted molar refractivity (Wildman–Crippen MR) is 65.1 cm³/mol. The fraction of sp³-hybridized carbons (Fsp3) is 0.923. The summed E-state index contributed by atoms with van der Waals surface area (Å²) < 4.78 is 0. The van der Waals surface area contributed by atoms with E-state index in [1.807, 2.05) is 13.8 Å². The van der Waals surface area contributed by atoms with Gasteiger partial charge in [-0.15, -0.1) is 0 Å². The van der Waals surface area contributed by atoms with Gasteiger partial charge in [-0.2, -0.15) is 0 Å². The van der Waals surface area contributed by atoms with Crippen molar-refractivity contribution in [2.75, 3.05) is 13.1 Å². The van der Waals surface area contributed by atoms with Crippen molar-refractivity contribution in [2.24, 2.45) is 17.8 Å². The smallest absolute Gasteiger partial charge is 0.234 e. The van der Waals surface area contributed by atoms with Gasteiger partial charge in [0.25, 0.3) is 0 Å². The van der Waals surface area contributed by atoms with E-state index in [1.165, 1.54) is 25.7 Å². The van der Waals surface area contributed by atoms with Crippen LogP contribution in [-0.2, 0) is 4.79 Å². The number of hydrogen-bond donors (Lipinski definition) is 2. The lowest BCUT2D eigenvalue weighted by Gasteiger charge is -2.21. The third kappa shape index (κ3) is 2.97. The number of amides is 1. The summed E-state index contributed by atoms with van der Waals surface area (Å²) in [5, 5.41) is 6.21. The third-order valence-electron chi connectivity index (χ3n) is 4.03. The quantitative estimate of drug-likeness (QED) is 0.743. The summed E-state index contributed by atoms with van der Waals surface area (Å²) in [7, 11) is 0. The fourth-order valence-corrected chi connectivity index (χ4v) is 3.37. The summed E-state index contributed by atoms with van der Waals surface area (Å²) >= 11 is 0. The molecule has 0 heterocycles. The van der Waals surface area contributed by atoms with Crippen LogP contribution in [0.1, 0.15) is 39.5 Å². The molecular formula is C13H24N2O. The van der Waals surface area contributed by atoms with Crippen LogP contribution in [0.25, 0.3) is 0 Å². The van der Waals surface area contributed by atoms with Gasteiger partial charge in [-0.1, -0.05) is 6.42 Å². The number of carbonyl (C=O) groups is 1. The largest absolute Gasteiger partial charge is 0.353 e. The monoisotopic (exact) mass is 224 g/mol. The first-order valence-electron chi connectivity index (χ1n) is 6.65. The molecule has 3 atom stereocenters. The van der Waals surface area contributed by atoms with E-state index in [-0.39, 0.29) is 11.9 Å². The summed E-state index contributed by atoms with van der Waals surface area (Å²) in [5.74, 6) is 2.91. The molecule has 2 rings (SSSR count). The minimum absolute atomic E-state index is 0.123. The minimum atomic E-state index is 0.123. The standard InChI is InChI=1S/C13H24N2O/c1-9(2)15-13(16)8-14-7-12-6-10-3-4-11(12)5-10/h9-12,14H,3-8H2,1-2H3,(H,15,16). The zero-order valence-electron chi connectivity index (χ0n) is 10.5. The highest BCUT2D eigenvalue weighted by atomic mass is 16.1. The topological polar surface area (TPSA) is 41.1 Å². The molecule has 0 spiro atoms. The van der Waals surface area contributed by atoms with E-state index in [4.69, 9.17) is 0 Å². The highest BCUT2D eigenvalue weighted by Gasteiger charge is 2.38. The van der Waals surface area contributed by atoms with Crippen LogP contribution >= 0.6 is 0 Å². The van der Waals surface area contributed by atoms with Gasteiger partial charge in [0.1, 0.15) is 0 Å². The molecule has 2 saturated carbocycles. The fourth-order valence-electron chi connectivity index (χ4n) is 3.37. The molecule has 0 saturated heterocycles. The molecule has 3 unspecified atom stereocenters. The van der Waals surface area contributed by atoms with Crippen LogP contribution in [-0.4, -0.2) is 25.0 Å². The maximum Gasteiger partial charge on any atom is 0.234 e. The summed E-state index contributed by atoms with van der Waals surface area (Å²) in [6, 6.07) is 0.247. The van der Waals surface area contributed by atoms with Crippen molar-refractivity contribution in [1.29, 1.82) is 0 Å². The van der Waals surface area contributed by atoms with Crippen molar-refractivity contribution in [2.45, 2.75) is 45.6 Å². The van der Waals surface area contributed by atoms with Crippen LogP contribution in [0.4, 0.5) is 0 Å². The summed E-state index contributed by atoms with van der Waals surface area (Å²) in [5.41, 5.74) is 0. The molecule has 3 nitrogen and oxygen atoms in total. The number of hydrogen-bond acceptors (Lipinski definition) is 2. The van der Waals surface area contributed by atoms with Gasteiger partial charge in [-0.25, -0.2) is 0 Å². The summed E-state index contributed by atoms with van der Waals surface area (Å²) in [6.45, 7) is 5.50. The SMILES string of the molecule is CC(C)NC(=O)CNCC1CC2CCC1C2. The first-order chi connectivity index (χ1) is 7.65. The van der Waals surface area contributed by atoms with Crippen LogP contribution in [0.3, 0.4) is 0 Å². The average molecular weight is 224 g/mol. The molecule has 3 heteroatoms. The molecule has 0 aromatic carbocycles. The zero-order valence-corrected chi connectivity index (χ0v) is 10.5.